The lowest BCUT2D eigenvalue weighted by molar-refractivity contribution is 0.122. The molecule has 6 nitrogen and oxygen atoms in total. The van der Waals surface area contributed by atoms with Crippen molar-refractivity contribution in [1.29, 1.82) is 0 Å². The maximum Gasteiger partial charge on any atom is 0.500 e. The number of hydrogen-bond acceptors (Lipinski definition) is 4. The van der Waals surface area contributed by atoms with Crippen LogP contribution in [0.2, 0.25) is 6.04 Å². The zero-order valence-corrected chi connectivity index (χ0v) is 13.4. The molecule has 0 saturated heterocycles. The predicted molar refractivity (Wildman–Crippen MR) is 77.9 cm³/mol. The molecule has 0 radical (unpaired) electrons. The highest BCUT2D eigenvalue weighted by molar-refractivity contribution is 6.60. The van der Waals surface area contributed by atoms with E-state index in [0.29, 0.717) is 6.54 Å². The summed E-state index contributed by atoms with van der Waals surface area (Å²) < 4.78 is 16.1. The van der Waals surface area contributed by atoms with Crippen LogP contribution in [0.1, 0.15) is 44.9 Å². The normalized spacial score (nSPS) is 11.3. The van der Waals surface area contributed by atoms with Gasteiger partial charge in [-0.05, 0) is 18.4 Å². The second kappa shape index (κ2) is 12.4. The molecule has 0 rings (SSSR count). The molecule has 0 amide bonds. The Balaban J connectivity index is 3.42. The zero-order chi connectivity index (χ0) is 14.4. The SMILES string of the molecule is CO[Si](CCCCCCCCCN=[N+]=[N-])(OC)OC. The van der Waals surface area contributed by atoms with Gasteiger partial charge in [-0.2, -0.15) is 0 Å². The number of unbranched alkanes of at least 4 members (excludes halogenated alkanes) is 6. The highest BCUT2D eigenvalue weighted by Crippen LogP contribution is 2.18. The van der Waals surface area contributed by atoms with Crippen LogP contribution in [0.5, 0.6) is 0 Å². The molecule has 0 aliphatic heterocycles. The summed E-state index contributed by atoms with van der Waals surface area (Å²) in [7, 11) is 2.61. The van der Waals surface area contributed by atoms with E-state index in [1.54, 1.807) is 21.3 Å². The summed E-state index contributed by atoms with van der Waals surface area (Å²) in [6.45, 7) is 0.625. The fourth-order valence-electron chi connectivity index (χ4n) is 2.01. The topological polar surface area (TPSA) is 76.5 Å². The largest absolute Gasteiger partial charge is 0.500 e. The maximum atomic E-state index is 8.12. The number of azide groups is 1. The minimum absolute atomic E-state index is 0.625. The molecule has 0 aromatic carbocycles. The van der Waals surface area contributed by atoms with Gasteiger partial charge in [0.05, 0.1) is 0 Å². The quantitative estimate of drug-likeness (QED) is 0.169. The second-order valence-corrected chi connectivity index (χ2v) is 7.57. The van der Waals surface area contributed by atoms with Crippen molar-refractivity contribution in [3.63, 3.8) is 0 Å². The van der Waals surface area contributed by atoms with Gasteiger partial charge in [0.1, 0.15) is 0 Å². The van der Waals surface area contributed by atoms with Crippen LogP contribution in [0.4, 0.5) is 0 Å². The summed E-state index contributed by atoms with van der Waals surface area (Å²) in [5, 5.41) is 3.52. The first kappa shape index (κ1) is 18.4. The van der Waals surface area contributed by atoms with Crippen LogP contribution < -0.4 is 0 Å². The van der Waals surface area contributed by atoms with Crippen LogP contribution in [-0.2, 0) is 13.3 Å². The molecule has 0 aromatic heterocycles. The summed E-state index contributed by atoms with van der Waals surface area (Å²) in [6, 6.07) is 0.882. The van der Waals surface area contributed by atoms with Gasteiger partial charge in [0.25, 0.3) is 0 Å². The first-order valence-electron chi connectivity index (χ1n) is 6.91. The number of hydrogen-bond donors (Lipinski definition) is 0. The van der Waals surface area contributed by atoms with Gasteiger partial charge in [-0.1, -0.05) is 37.2 Å². The van der Waals surface area contributed by atoms with Gasteiger partial charge in [0, 0.05) is 38.8 Å². The first-order chi connectivity index (χ1) is 9.24. The van der Waals surface area contributed by atoms with Crippen molar-refractivity contribution < 1.29 is 13.3 Å². The highest BCUT2D eigenvalue weighted by Gasteiger charge is 2.36. The van der Waals surface area contributed by atoms with Gasteiger partial charge < -0.3 is 13.3 Å². The fraction of sp³-hybridized carbons (Fsp3) is 1.00. The minimum atomic E-state index is -2.35. The molecular weight excluding hydrogens is 262 g/mol. The molecule has 7 heteroatoms. The van der Waals surface area contributed by atoms with Crippen LogP contribution >= 0.6 is 0 Å². The van der Waals surface area contributed by atoms with Crippen LogP contribution in [0.25, 0.3) is 10.4 Å². The van der Waals surface area contributed by atoms with Crippen molar-refractivity contribution in [3.05, 3.63) is 10.4 Å². The van der Waals surface area contributed by atoms with Gasteiger partial charge in [0.15, 0.2) is 0 Å². The minimum Gasteiger partial charge on any atom is -0.377 e. The number of nitrogens with zero attached hydrogens (tertiary/aromatic N) is 3. The molecule has 0 aliphatic rings. The third-order valence-corrected chi connectivity index (χ3v) is 6.07. The van der Waals surface area contributed by atoms with E-state index in [2.05, 4.69) is 10.0 Å². The summed E-state index contributed by atoms with van der Waals surface area (Å²) in [6.07, 6.45) is 8.08. The molecule has 0 atom stereocenters. The summed E-state index contributed by atoms with van der Waals surface area (Å²) >= 11 is 0. The molecule has 0 bridgehead atoms. The number of rotatable bonds is 13. The molecule has 0 saturated carbocycles. The lowest BCUT2D eigenvalue weighted by Crippen LogP contribution is -2.42. The van der Waals surface area contributed by atoms with Crippen LogP contribution in [0, 0.1) is 0 Å². The van der Waals surface area contributed by atoms with Crippen LogP contribution in [-0.4, -0.2) is 36.7 Å². The van der Waals surface area contributed by atoms with E-state index in [1.807, 2.05) is 0 Å². The van der Waals surface area contributed by atoms with Crippen LogP contribution in [0.15, 0.2) is 5.11 Å². The molecule has 0 fully saturated rings. The van der Waals surface area contributed by atoms with E-state index < -0.39 is 8.80 Å². The van der Waals surface area contributed by atoms with Crippen molar-refractivity contribution in [2.75, 3.05) is 27.9 Å². The summed E-state index contributed by atoms with van der Waals surface area (Å²) in [4.78, 5) is 2.73. The van der Waals surface area contributed by atoms with E-state index in [1.165, 1.54) is 25.7 Å². The lowest BCUT2D eigenvalue weighted by atomic mass is 10.1. The first-order valence-corrected chi connectivity index (χ1v) is 8.84. The van der Waals surface area contributed by atoms with Gasteiger partial charge >= 0.3 is 8.80 Å². The van der Waals surface area contributed by atoms with Crippen LogP contribution in [0.3, 0.4) is 0 Å². The monoisotopic (exact) mass is 289 g/mol. The Labute approximate surface area is 117 Å². The van der Waals surface area contributed by atoms with Gasteiger partial charge in [0.2, 0.25) is 0 Å². The molecule has 0 heterocycles. The average Bonchev–Trinajstić information content (AvgIpc) is 2.46. The zero-order valence-electron chi connectivity index (χ0n) is 12.4. The van der Waals surface area contributed by atoms with E-state index in [0.717, 1.165) is 25.3 Å². The van der Waals surface area contributed by atoms with Gasteiger partial charge in [-0.25, -0.2) is 0 Å². The standard InChI is InChI=1S/C12H27N3O3Si/c1-16-19(17-2,18-3)12-10-8-6-4-5-7-9-11-14-15-13/h4-12H2,1-3H3. The van der Waals surface area contributed by atoms with Crippen molar-refractivity contribution >= 4 is 8.80 Å². The Morgan fingerprint density at radius 2 is 1.32 bits per heavy atom. The Morgan fingerprint density at radius 1 is 0.842 bits per heavy atom. The molecule has 0 aromatic rings. The fourth-order valence-corrected chi connectivity index (χ4v) is 3.80. The van der Waals surface area contributed by atoms with Crippen molar-refractivity contribution in [2.24, 2.45) is 5.11 Å². The third kappa shape index (κ3) is 9.02. The third-order valence-electron chi connectivity index (χ3n) is 3.24. The molecule has 19 heavy (non-hydrogen) atoms. The molecule has 0 unspecified atom stereocenters. The molecule has 112 valence electrons. The van der Waals surface area contributed by atoms with Crippen molar-refractivity contribution in [2.45, 2.75) is 51.0 Å². The Bertz CT molecular complexity index is 248. The predicted octanol–water partition coefficient (Wildman–Crippen LogP) is 3.91. The van der Waals surface area contributed by atoms with E-state index in [9.17, 15) is 0 Å². The van der Waals surface area contributed by atoms with E-state index >= 15 is 0 Å². The van der Waals surface area contributed by atoms with Gasteiger partial charge in [-0.15, -0.1) is 0 Å². The Kier molecular flexibility index (Phi) is 12.1. The highest BCUT2D eigenvalue weighted by atomic mass is 28.4. The second-order valence-electron chi connectivity index (χ2n) is 4.47. The molecule has 0 aliphatic carbocycles. The van der Waals surface area contributed by atoms with Crippen molar-refractivity contribution in [1.82, 2.24) is 0 Å². The lowest BCUT2D eigenvalue weighted by Gasteiger charge is -2.24. The van der Waals surface area contributed by atoms with Crippen molar-refractivity contribution in [3.8, 4) is 0 Å². The molecule has 0 N–H and O–H groups in total. The smallest absolute Gasteiger partial charge is 0.377 e. The molecule has 0 spiro atoms. The maximum absolute atomic E-state index is 8.12. The average molecular weight is 289 g/mol. The summed E-state index contributed by atoms with van der Waals surface area (Å²) in [5.74, 6) is 0. The van der Waals surface area contributed by atoms with Gasteiger partial charge in [-0.3, -0.25) is 0 Å². The molecular formula is C12H27N3O3Si. The van der Waals surface area contributed by atoms with E-state index in [4.69, 9.17) is 18.8 Å². The summed E-state index contributed by atoms with van der Waals surface area (Å²) in [5.41, 5.74) is 8.12. The Hall–Kier alpha value is -0.593. The van der Waals surface area contributed by atoms with E-state index in [-0.39, 0.29) is 0 Å². The Morgan fingerprint density at radius 3 is 1.79 bits per heavy atom.